The maximum absolute atomic E-state index is 3.48. The maximum Gasteiger partial charge on any atom is 0.0279 e. The first-order valence-electron chi connectivity index (χ1n) is 6.60. The first kappa shape index (κ1) is 12.8. The largest absolute Gasteiger partial charge is 0.313 e. The van der Waals surface area contributed by atoms with E-state index < -0.39 is 0 Å². The number of hydrogen-bond acceptors (Lipinski definition) is 1. The van der Waals surface area contributed by atoms with Crippen LogP contribution in [0.15, 0.2) is 11.6 Å². The highest BCUT2D eigenvalue weighted by atomic mass is 14.9. The molecular weight excluding hydrogens is 182 g/mol. The van der Waals surface area contributed by atoms with Gasteiger partial charge in [-0.05, 0) is 45.1 Å². The molecule has 1 aliphatic rings. The zero-order valence-electron chi connectivity index (χ0n) is 10.7. The molecule has 15 heavy (non-hydrogen) atoms. The molecule has 1 nitrogen and oxygen atoms in total. The summed E-state index contributed by atoms with van der Waals surface area (Å²) in [5, 5.41) is 3.48. The third-order valence-corrected chi connectivity index (χ3v) is 3.33. The van der Waals surface area contributed by atoms with E-state index in [1.165, 1.54) is 44.9 Å². The lowest BCUT2D eigenvalue weighted by Gasteiger charge is -2.23. The van der Waals surface area contributed by atoms with Gasteiger partial charge in [0.1, 0.15) is 0 Å². The van der Waals surface area contributed by atoms with Crippen molar-refractivity contribution in [2.24, 2.45) is 5.92 Å². The molecule has 0 spiro atoms. The van der Waals surface area contributed by atoms with E-state index in [2.05, 4.69) is 32.3 Å². The Labute approximate surface area is 95.3 Å². The van der Waals surface area contributed by atoms with Crippen LogP contribution in [0.25, 0.3) is 0 Å². The van der Waals surface area contributed by atoms with Crippen LogP contribution in [0.3, 0.4) is 0 Å². The first-order valence-corrected chi connectivity index (χ1v) is 6.60. The topological polar surface area (TPSA) is 12.0 Å². The maximum atomic E-state index is 3.48. The Morgan fingerprint density at radius 1 is 1.20 bits per heavy atom. The quantitative estimate of drug-likeness (QED) is 0.692. The highest BCUT2D eigenvalue weighted by Gasteiger charge is 2.14. The number of allylic oxidation sites excluding steroid dienone is 1. The predicted molar refractivity (Wildman–Crippen MR) is 68.1 cm³/mol. The molecule has 0 saturated carbocycles. The molecule has 0 aromatic heterocycles. The van der Waals surface area contributed by atoms with Gasteiger partial charge in [-0.15, -0.1) is 0 Å². The van der Waals surface area contributed by atoms with Crippen molar-refractivity contribution in [3.8, 4) is 0 Å². The third-order valence-electron chi connectivity index (χ3n) is 3.33. The second-order valence-electron chi connectivity index (χ2n) is 5.20. The molecule has 1 heteroatoms. The van der Waals surface area contributed by atoms with Crippen molar-refractivity contribution in [1.29, 1.82) is 0 Å². The van der Waals surface area contributed by atoms with Crippen LogP contribution >= 0.6 is 0 Å². The Bertz CT molecular complexity index is 194. The Morgan fingerprint density at radius 2 is 1.93 bits per heavy atom. The fourth-order valence-corrected chi connectivity index (χ4v) is 2.46. The lowest BCUT2D eigenvalue weighted by molar-refractivity contribution is 0.465. The molecule has 0 amide bonds. The summed E-state index contributed by atoms with van der Waals surface area (Å²) >= 11 is 0. The molecule has 0 fully saturated rings. The lowest BCUT2D eigenvalue weighted by atomic mass is 9.90. The Balaban J connectivity index is 2.54. The molecule has 1 rings (SSSR count). The molecule has 0 bridgehead atoms. The molecule has 1 atom stereocenters. The second kappa shape index (κ2) is 7.05. The van der Waals surface area contributed by atoms with E-state index in [0.717, 1.165) is 5.92 Å². The molecule has 0 aliphatic heterocycles. The predicted octanol–water partition coefficient (Wildman–Crippen LogP) is 3.90. The molecule has 1 unspecified atom stereocenters. The Morgan fingerprint density at radius 3 is 2.60 bits per heavy atom. The van der Waals surface area contributed by atoms with E-state index in [1.807, 2.05) is 0 Å². The monoisotopic (exact) mass is 209 g/mol. The molecule has 0 saturated heterocycles. The van der Waals surface area contributed by atoms with Crippen molar-refractivity contribution in [1.82, 2.24) is 5.32 Å². The molecule has 0 radical (unpaired) electrons. The summed E-state index contributed by atoms with van der Waals surface area (Å²) < 4.78 is 0. The van der Waals surface area contributed by atoms with Crippen LogP contribution < -0.4 is 5.32 Å². The van der Waals surface area contributed by atoms with Gasteiger partial charge < -0.3 is 5.32 Å². The van der Waals surface area contributed by atoms with Crippen molar-refractivity contribution >= 4 is 0 Å². The van der Waals surface area contributed by atoms with Crippen LogP contribution in [0.5, 0.6) is 0 Å². The van der Waals surface area contributed by atoms with Crippen LogP contribution in [-0.4, -0.2) is 13.1 Å². The molecule has 0 heterocycles. The van der Waals surface area contributed by atoms with Gasteiger partial charge in [0.05, 0.1) is 0 Å². The average molecular weight is 209 g/mol. The van der Waals surface area contributed by atoms with Gasteiger partial charge in [0.25, 0.3) is 0 Å². The van der Waals surface area contributed by atoms with Crippen molar-refractivity contribution in [2.45, 2.75) is 64.8 Å². The zero-order valence-corrected chi connectivity index (χ0v) is 10.7. The van der Waals surface area contributed by atoms with Gasteiger partial charge in [-0.2, -0.15) is 0 Å². The smallest absolute Gasteiger partial charge is 0.0279 e. The van der Waals surface area contributed by atoms with E-state index in [-0.39, 0.29) is 0 Å². The minimum Gasteiger partial charge on any atom is -0.313 e. The summed E-state index contributed by atoms with van der Waals surface area (Å²) in [6.45, 7) is 4.63. The third kappa shape index (κ3) is 4.83. The average Bonchev–Trinajstić information content (AvgIpc) is 2.14. The normalized spacial score (nSPS) is 20.7. The fourth-order valence-electron chi connectivity index (χ4n) is 2.46. The number of nitrogens with one attached hydrogen (secondary N) is 1. The van der Waals surface area contributed by atoms with Gasteiger partial charge in [-0.1, -0.05) is 38.3 Å². The number of likely N-dealkylation sites (N-methyl/N-ethyl adjacent to an activating group) is 1. The Kier molecular flexibility index (Phi) is 6.00. The van der Waals surface area contributed by atoms with Gasteiger partial charge in [-0.25, -0.2) is 0 Å². The molecular formula is C14H27N. The minimum atomic E-state index is 0.628. The standard InChI is InChI=1S/C14H27N/c1-12(2)11-14(15-3)13-9-7-5-4-6-8-10-13/h9,12,14-15H,4-8,10-11H2,1-3H3. The molecule has 0 aromatic carbocycles. The summed E-state index contributed by atoms with van der Waals surface area (Å²) in [6, 6.07) is 0.628. The second-order valence-corrected chi connectivity index (χ2v) is 5.20. The van der Waals surface area contributed by atoms with Gasteiger partial charge in [0.15, 0.2) is 0 Å². The summed E-state index contributed by atoms with van der Waals surface area (Å²) in [5.74, 6) is 0.786. The minimum absolute atomic E-state index is 0.628. The van der Waals surface area contributed by atoms with E-state index in [9.17, 15) is 0 Å². The lowest BCUT2D eigenvalue weighted by Crippen LogP contribution is -2.29. The van der Waals surface area contributed by atoms with Crippen molar-refractivity contribution < 1.29 is 0 Å². The van der Waals surface area contributed by atoms with Crippen LogP contribution in [0, 0.1) is 5.92 Å². The van der Waals surface area contributed by atoms with Crippen molar-refractivity contribution in [3.63, 3.8) is 0 Å². The summed E-state index contributed by atoms with van der Waals surface area (Å²) in [5.41, 5.74) is 1.67. The van der Waals surface area contributed by atoms with Crippen LogP contribution in [0.2, 0.25) is 0 Å². The van der Waals surface area contributed by atoms with Crippen LogP contribution in [-0.2, 0) is 0 Å². The van der Waals surface area contributed by atoms with E-state index >= 15 is 0 Å². The van der Waals surface area contributed by atoms with Crippen LogP contribution in [0.4, 0.5) is 0 Å². The van der Waals surface area contributed by atoms with Gasteiger partial charge >= 0.3 is 0 Å². The molecule has 0 aromatic rings. The van der Waals surface area contributed by atoms with E-state index in [4.69, 9.17) is 0 Å². The van der Waals surface area contributed by atoms with Gasteiger partial charge in [-0.3, -0.25) is 0 Å². The van der Waals surface area contributed by atoms with Crippen LogP contribution in [0.1, 0.15) is 58.8 Å². The van der Waals surface area contributed by atoms with Gasteiger partial charge in [0, 0.05) is 6.04 Å². The van der Waals surface area contributed by atoms with Crippen molar-refractivity contribution in [3.05, 3.63) is 11.6 Å². The molecule has 88 valence electrons. The summed E-state index contributed by atoms with van der Waals surface area (Å²) in [7, 11) is 2.10. The molecule has 1 aliphatic carbocycles. The van der Waals surface area contributed by atoms with Gasteiger partial charge in [0.2, 0.25) is 0 Å². The fraction of sp³-hybridized carbons (Fsp3) is 0.857. The number of hydrogen-bond donors (Lipinski definition) is 1. The zero-order chi connectivity index (χ0) is 11.1. The van der Waals surface area contributed by atoms with E-state index in [0.29, 0.717) is 6.04 Å². The summed E-state index contributed by atoms with van der Waals surface area (Å²) in [6.07, 6.45) is 12.0. The number of rotatable bonds is 4. The molecule has 1 N–H and O–H groups in total. The summed E-state index contributed by atoms with van der Waals surface area (Å²) in [4.78, 5) is 0. The van der Waals surface area contributed by atoms with E-state index in [1.54, 1.807) is 5.57 Å². The Hall–Kier alpha value is -0.300. The SMILES string of the molecule is CNC(CC(C)C)C1=CCCCCCC1. The highest BCUT2D eigenvalue weighted by molar-refractivity contribution is 5.11. The highest BCUT2D eigenvalue weighted by Crippen LogP contribution is 2.22. The first-order chi connectivity index (χ1) is 7.24. The van der Waals surface area contributed by atoms with Crippen molar-refractivity contribution in [2.75, 3.05) is 7.05 Å².